The number of allylic oxidation sites excluding steroid dienone is 2. The van der Waals surface area contributed by atoms with Crippen molar-refractivity contribution in [3.05, 3.63) is 64.7 Å². The van der Waals surface area contributed by atoms with Crippen molar-refractivity contribution in [2.75, 3.05) is 13.4 Å². The Kier molecular flexibility index (Phi) is 4.82. The molecular formula is C21H22O3S. The first-order chi connectivity index (χ1) is 11.9. The summed E-state index contributed by atoms with van der Waals surface area (Å²) in [5.74, 6) is 0.830. The average molecular weight is 354 g/mol. The number of methoxy groups -OCH3 is 1. The predicted molar refractivity (Wildman–Crippen MR) is 103 cm³/mol. The second-order valence-corrected chi connectivity index (χ2v) is 8.29. The van der Waals surface area contributed by atoms with Crippen molar-refractivity contribution >= 4 is 27.6 Å². The second-order valence-electron chi connectivity index (χ2n) is 6.27. The molecule has 0 unspecified atom stereocenters. The van der Waals surface area contributed by atoms with Crippen LogP contribution in [0.3, 0.4) is 0 Å². The largest absolute Gasteiger partial charge is 0.497 e. The van der Waals surface area contributed by atoms with Crippen molar-refractivity contribution in [3.63, 3.8) is 0 Å². The van der Waals surface area contributed by atoms with Gasteiger partial charge in [0.25, 0.3) is 0 Å². The summed E-state index contributed by atoms with van der Waals surface area (Å²) >= 11 is 0. The van der Waals surface area contributed by atoms with Crippen molar-refractivity contribution in [1.82, 2.24) is 0 Å². The van der Waals surface area contributed by atoms with Crippen molar-refractivity contribution in [1.29, 1.82) is 0 Å². The smallest absolute Gasteiger partial charge is 0.175 e. The Labute approximate surface area is 149 Å². The van der Waals surface area contributed by atoms with E-state index in [1.807, 2.05) is 30.3 Å². The highest BCUT2D eigenvalue weighted by Gasteiger charge is 2.20. The van der Waals surface area contributed by atoms with Gasteiger partial charge in [-0.25, -0.2) is 8.42 Å². The molecule has 130 valence electrons. The van der Waals surface area contributed by atoms with E-state index in [9.17, 15) is 8.42 Å². The third-order valence-corrected chi connectivity index (χ3v) is 5.47. The summed E-state index contributed by atoms with van der Waals surface area (Å²) in [5.41, 5.74) is 5.58. The van der Waals surface area contributed by atoms with Crippen molar-refractivity contribution < 1.29 is 13.2 Å². The van der Waals surface area contributed by atoms with Crippen LogP contribution in [0.2, 0.25) is 0 Å². The van der Waals surface area contributed by atoms with E-state index >= 15 is 0 Å². The molecule has 1 aliphatic carbocycles. The normalized spacial score (nSPS) is 15.2. The maximum atomic E-state index is 11.8. The summed E-state index contributed by atoms with van der Waals surface area (Å²) in [6.07, 6.45) is 7.52. The maximum Gasteiger partial charge on any atom is 0.175 e. The van der Waals surface area contributed by atoms with E-state index < -0.39 is 9.84 Å². The van der Waals surface area contributed by atoms with Gasteiger partial charge in [-0.3, -0.25) is 0 Å². The number of fused-ring (bicyclic) bond motifs is 1. The Morgan fingerprint density at radius 1 is 1.08 bits per heavy atom. The van der Waals surface area contributed by atoms with Crippen LogP contribution in [-0.2, 0) is 9.84 Å². The molecule has 0 fully saturated rings. The van der Waals surface area contributed by atoms with Crippen LogP contribution in [0.25, 0.3) is 17.7 Å². The van der Waals surface area contributed by atoms with Gasteiger partial charge < -0.3 is 4.74 Å². The number of rotatable bonds is 5. The van der Waals surface area contributed by atoms with Crippen LogP contribution < -0.4 is 4.74 Å². The van der Waals surface area contributed by atoms with Crippen molar-refractivity contribution in [2.24, 2.45) is 0 Å². The summed E-state index contributed by atoms with van der Waals surface area (Å²) in [5, 5.41) is 0. The lowest BCUT2D eigenvalue weighted by atomic mass is 9.97. The fraction of sp³-hybridized carbons (Fsp3) is 0.238. The molecule has 0 amide bonds. The van der Waals surface area contributed by atoms with Gasteiger partial charge in [0.15, 0.2) is 9.84 Å². The lowest BCUT2D eigenvalue weighted by Crippen LogP contribution is -1.97. The van der Waals surface area contributed by atoms with Crippen LogP contribution in [0.15, 0.2) is 52.9 Å². The number of benzene rings is 2. The van der Waals surface area contributed by atoms with Gasteiger partial charge >= 0.3 is 0 Å². The average Bonchev–Trinajstić information content (AvgIpc) is 2.92. The van der Waals surface area contributed by atoms with Gasteiger partial charge in [-0.15, -0.1) is 0 Å². The Morgan fingerprint density at radius 3 is 2.40 bits per heavy atom. The van der Waals surface area contributed by atoms with Gasteiger partial charge in [0.05, 0.1) is 12.0 Å². The molecule has 3 nitrogen and oxygen atoms in total. The molecule has 0 radical (unpaired) electrons. The Hall–Kier alpha value is -2.33. The molecule has 0 heterocycles. The fourth-order valence-corrected chi connectivity index (χ4v) is 3.74. The molecule has 0 N–H and O–H groups in total. The van der Waals surface area contributed by atoms with E-state index in [1.54, 1.807) is 19.2 Å². The SMILES string of the molecule is CCCC1=Cc2cc(S(C)(=O)=O)ccc2/C1=C\c1ccc(OC)cc1. The van der Waals surface area contributed by atoms with Gasteiger partial charge in [0.2, 0.25) is 0 Å². The van der Waals surface area contributed by atoms with E-state index in [4.69, 9.17) is 4.74 Å². The van der Waals surface area contributed by atoms with Crippen LogP contribution in [0.5, 0.6) is 5.75 Å². The fourth-order valence-electron chi connectivity index (χ4n) is 3.09. The molecule has 0 aromatic heterocycles. The van der Waals surface area contributed by atoms with Gasteiger partial charge in [0, 0.05) is 6.26 Å². The maximum absolute atomic E-state index is 11.8. The van der Waals surface area contributed by atoms with Gasteiger partial charge in [-0.1, -0.05) is 37.6 Å². The van der Waals surface area contributed by atoms with E-state index in [-0.39, 0.29) is 0 Å². The van der Waals surface area contributed by atoms with Gasteiger partial charge in [-0.05, 0) is 64.6 Å². The molecule has 0 atom stereocenters. The zero-order chi connectivity index (χ0) is 18.0. The quantitative estimate of drug-likeness (QED) is 0.772. The molecule has 1 aliphatic rings. The molecule has 2 aromatic rings. The Balaban J connectivity index is 2.07. The van der Waals surface area contributed by atoms with Crippen LogP contribution in [0, 0.1) is 0 Å². The summed E-state index contributed by atoms with van der Waals surface area (Å²) in [4.78, 5) is 0.365. The van der Waals surface area contributed by atoms with Crippen LogP contribution in [0.1, 0.15) is 36.5 Å². The lowest BCUT2D eigenvalue weighted by molar-refractivity contribution is 0.415. The monoisotopic (exact) mass is 354 g/mol. The molecular weight excluding hydrogens is 332 g/mol. The van der Waals surface area contributed by atoms with E-state index in [0.29, 0.717) is 4.90 Å². The summed E-state index contributed by atoms with van der Waals surface area (Å²) in [7, 11) is -1.55. The van der Waals surface area contributed by atoms with Crippen LogP contribution >= 0.6 is 0 Å². The molecule has 4 heteroatoms. The molecule has 0 aliphatic heterocycles. The zero-order valence-electron chi connectivity index (χ0n) is 14.7. The minimum Gasteiger partial charge on any atom is -0.497 e. The molecule has 0 bridgehead atoms. The highest BCUT2D eigenvalue weighted by Crippen LogP contribution is 2.40. The Morgan fingerprint density at radius 2 is 1.80 bits per heavy atom. The third kappa shape index (κ3) is 3.69. The van der Waals surface area contributed by atoms with Crippen LogP contribution in [-0.4, -0.2) is 21.8 Å². The van der Waals surface area contributed by atoms with Gasteiger partial charge in [-0.2, -0.15) is 0 Å². The first-order valence-electron chi connectivity index (χ1n) is 8.33. The topological polar surface area (TPSA) is 43.4 Å². The van der Waals surface area contributed by atoms with Crippen molar-refractivity contribution in [3.8, 4) is 5.75 Å². The van der Waals surface area contributed by atoms with E-state index in [2.05, 4.69) is 19.1 Å². The minimum absolute atomic E-state index is 0.365. The summed E-state index contributed by atoms with van der Waals surface area (Å²) in [6.45, 7) is 2.15. The summed E-state index contributed by atoms with van der Waals surface area (Å²) < 4.78 is 28.9. The molecule has 0 spiro atoms. The number of sulfone groups is 1. The number of hydrogen-bond acceptors (Lipinski definition) is 3. The third-order valence-electron chi connectivity index (χ3n) is 4.36. The number of hydrogen-bond donors (Lipinski definition) is 0. The summed E-state index contributed by atoms with van der Waals surface area (Å²) in [6, 6.07) is 13.3. The second kappa shape index (κ2) is 6.89. The standard InChI is InChI=1S/C21H22O3S/c1-4-5-16-13-17-14-19(25(3,22)23)10-11-20(17)21(16)12-15-6-8-18(24-2)9-7-15/h6-14H,4-5H2,1-3H3/b21-12-. The first kappa shape index (κ1) is 17.5. The molecule has 3 rings (SSSR count). The first-order valence-corrected chi connectivity index (χ1v) is 10.2. The highest BCUT2D eigenvalue weighted by atomic mass is 32.2. The highest BCUT2D eigenvalue weighted by molar-refractivity contribution is 7.90. The molecule has 0 saturated heterocycles. The minimum atomic E-state index is -3.20. The van der Waals surface area contributed by atoms with E-state index in [1.165, 1.54) is 17.4 Å². The van der Waals surface area contributed by atoms with Crippen LogP contribution in [0.4, 0.5) is 0 Å². The predicted octanol–water partition coefficient (Wildman–Crippen LogP) is 4.84. The van der Waals surface area contributed by atoms with Crippen molar-refractivity contribution in [2.45, 2.75) is 24.7 Å². The molecule has 0 saturated carbocycles. The van der Waals surface area contributed by atoms with Gasteiger partial charge in [0.1, 0.15) is 5.75 Å². The Bertz CT molecular complexity index is 949. The molecule has 2 aromatic carbocycles. The lowest BCUT2D eigenvalue weighted by Gasteiger charge is -2.08. The molecule has 25 heavy (non-hydrogen) atoms. The van der Waals surface area contributed by atoms with E-state index in [0.717, 1.165) is 35.3 Å². The number of ether oxygens (including phenoxy) is 1. The zero-order valence-corrected chi connectivity index (χ0v) is 15.6.